The lowest BCUT2D eigenvalue weighted by Crippen LogP contribution is -2.45. The van der Waals surface area contributed by atoms with Gasteiger partial charge in [0.15, 0.2) is 0 Å². The molecule has 1 amide bonds. The summed E-state index contributed by atoms with van der Waals surface area (Å²) in [6.07, 6.45) is -0.203. The lowest BCUT2D eigenvalue weighted by molar-refractivity contribution is -0.142. The second-order valence-electron chi connectivity index (χ2n) is 8.32. The Balaban J connectivity index is 1.53. The summed E-state index contributed by atoms with van der Waals surface area (Å²) in [7, 11) is 1.35. The van der Waals surface area contributed by atoms with Crippen LogP contribution in [0.5, 0.6) is 11.5 Å². The monoisotopic (exact) mass is 503 g/mol. The number of carboxylic acids is 1. The van der Waals surface area contributed by atoms with Crippen LogP contribution < -0.4 is 16.0 Å². The first kappa shape index (κ1) is 25.4. The van der Waals surface area contributed by atoms with E-state index in [2.05, 4.69) is 0 Å². The maximum Gasteiger partial charge on any atom is 0.333 e. The number of nitrogens with zero attached hydrogens (tertiary/aromatic N) is 3. The second-order valence-corrected chi connectivity index (χ2v) is 8.32. The number of aliphatic carboxylic acids is 1. The minimum atomic E-state index is -1.31. The van der Waals surface area contributed by atoms with Gasteiger partial charge in [-0.15, -0.1) is 0 Å². The van der Waals surface area contributed by atoms with Gasteiger partial charge >= 0.3 is 11.7 Å². The number of likely N-dealkylation sites (N-methyl/N-ethyl adjacent to an activating group) is 1. The van der Waals surface area contributed by atoms with Crippen LogP contribution in [0.4, 0.5) is 0 Å². The number of aromatic nitrogens is 2. The zero-order chi connectivity index (χ0) is 26.5. The molecule has 0 spiro atoms. The van der Waals surface area contributed by atoms with Crippen molar-refractivity contribution in [3.8, 4) is 11.5 Å². The van der Waals surface area contributed by atoms with Crippen LogP contribution in [-0.2, 0) is 18.1 Å². The van der Waals surface area contributed by atoms with Crippen molar-refractivity contribution < 1.29 is 24.5 Å². The van der Waals surface area contributed by atoms with Gasteiger partial charge in [-0.25, -0.2) is 9.59 Å². The molecule has 0 aliphatic heterocycles. The number of hydrogen-bond donors (Lipinski definition) is 2. The van der Waals surface area contributed by atoms with Gasteiger partial charge < -0.3 is 19.8 Å². The Morgan fingerprint density at radius 1 is 0.892 bits per heavy atom. The van der Waals surface area contributed by atoms with Crippen molar-refractivity contribution in [1.29, 1.82) is 0 Å². The second kappa shape index (κ2) is 10.9. The molecule has 10 heteroatoms. The SMILES string of the molecule is CN(C(=O)c1ccc(Oc2ccccc2)cc1)C(CCn1c(=O)c2ccccc2n(CO)c1=O)C(=O)O. The van der Waals surface area contributed by atoms with E-state index in [0.29, 0.717) is 11.5 Å². The molecule has 0 saturated heterocycles. The van der Waals surface area contributed by atoms with Gasteiger partial charge in [0.2, 0.25) is 0 Å². The third-order valence-electron chi connectivity index (χ3n) is 6.05. The van der Waals surface area contributed by atoms with E-state index in [9.17, 15) is 29.4 Å². The van der Waals surface area contributed by atoms with Crippen LogP contribution in [0.25, 0.3) is 10.9 Å². The molecule has 37 heavy (non-hydrogen) atoms. The summed E-state index contributed by atoms with van der Waals surface area (Å²) in [5.74, 6) is -0.682. The zero-order valence-electron chi connectivity index (χ0n) is 20.0. The van der Waals surface area contributed by atoms with Gasteiger partial charge in [0.25, 0.3) is 11.5 Å². The van der Waals surface area contributed by atoms with E-state index in [1.807, 2.05) is 18.2 Å². The van der Waals surface area contributed by atoms with Crippen LogP contribution in [0.3, 0.4) is 0 Å². The lowest BCUT2D eigenvalue weighted by atomic mass is 10.1. The third-order valence-corrected chi connectivity index (χ3v) is 6.05. The lowest BCUT2D eigenvalue weighted by Gasteiger charge is -2.25. The third kappa shape index (κ3) is 5.29. The maximum absolute atomic E-state index is 13.0. The molecule has 1 heterocycles. The first-order valence-electron chi connectivity index (χ1n) is 11.5. The molecule has 0 bridgehead atoms. The summed E-state index contributed by atoms with van der Waals surface area (Å²) in [6.45, 7) is -0.911. The summed E-state index contributed by atoms with van der Waals surface area (Å²) < 4.78 is 7.62. The number of aliphatic hydroxyl groups is 1. The quantitative estimate of drug-likeness (QED) is 0.359. The fourth-order valence-corrected chi connectivity index (χ4v) is 4.07. The maximum atomic E-state index is 13.0. The number of para-hydroxylation sites is 2. The number of carbonyl (C=O) groups excluding carboxylic acids is 1. The average molecular weight is 504 g/mol. The van der Waals surface area contributed by atoms with E-state index in [-0.39, 0.29) is 29.4 Å². The van der Waals surface area contributed by atoms with Crippen molar-refractivity contribution in [2.24, 2.45) is 0 Å². The molecule has 1 aromatic heterocycles. The van der Waals surface area contributed by atoms with Gasteiger partial charge in [-0.2, -0.15) is 0 Å². The fraction of sp³-hybridized carbons (Fsp3) is 0.185. The molecular weight excluding hydrogens is 478 g/mol. The molecule has 3 aromatic carbocycles. The van der Waals surface area contributed by atoms with Crippen LogP contribution in [-0.4, -0.2) is 49.2 Å². The van der Waals surface area contributed by atoms with Crippen LogP contribution in [0.15, 0.2) is 88.5 Å². The smallest absolute Gasteiger partial charge is 0.333 e. The van der Waals surface area contributed by atoms with Gasteiger partial charge in [-0.1, -0.05) is 30.3 Å². The van der Waals surface area contributed by atoms with E-state index in [4.69, 9.17) is 4.74 Å². The molecule has 0 radical (unpaired) electrons. The highest BCUT2D eigenvalue weighted by atomic mass is 16.5. The number of rotatable bonds is 9. The normalized spacial score (nSPS) is 11.7. The minimum absolute atomic E-state index is 0.203. The summed E-state index contributed by atoms with van der Waals surface area (Å²) in [5, 5.41) is 19.7. The summed E-state index contributed by atoms with van der Waals surface area (Å²) in [4.78, 5) is 51.9. The highest BCUT2D eigenvalue weighted by molar-refractivity contribution is 5.96. The Morgan fingerprint density at radius 2 is 1.51 bits per heavy atom. The number of amides is 1. The van der Waals surface area contributed by atoms with Crippen molar-refractivity contribution in [2.45, 2.75) is 25.7 Å². The number of benzene rings is 3. The summed E-state index contributed by atoms with van der Waals surface area (Å²) in [5.41, 5.74) is -0.839. The van der Waals surface area contributed by atoms with Crippen molar-refractivity contribution in [3.63, 3.8) is 0 Å². The van der Waals surface area contributed by atoms with Crippen LogP contribution >= 0.6 is 0 Å². The Morgan fingerprint density at radius 3 is 2.16 bits per heavy atom. The molecule has 0 aliphatic rings. The van der Waals surface area contributed by atoms with E-state index in [1.165, 1.54) is 25.2 Å². The van der Waals surface area contributed by atoms with E-state index < -0.39 is 35.9 Å². The number of hydrogen-bond acceptors (Lipinski definition) is 6. The van der Waals surface area contributed by atoms with Gasteiger partial charge in [0.05, 0.1) is 10.9 Å². The minimum Gasteiger partial charge on any atom is -0.480 e. The van der Waals surface area contributed by atoms with Gasteiger partial charge in [-0.05, 0) is 55.0 Å². The Bertz CT molecular complexity index is 1540. The van der Waals surface area contributed by atoms with Gasteiger partial charge in [0, 0.05) is 19.2 Å². The number of fused-ring (bicyclic) bond motifs is 1. The Kier molecular flexibility index (Phi) is 7.49. The van der Waals surface area contributed by atoms with E-state index >= 15 is 0 Å². The average Bonchev–Trinajstić information content (AvgIpc) is 2.91. The number of ether oxygens (including phenoxy) is 1. The molecule has 190 valence electrons. The number of carboxylic acid groups (broad SMARTS) is 1. The molecule has 1 atom stereocenters. The van der Waals surface area contributed by atoms with Crippen molar-refractivity contribution >= 4 is 22.8 Å². The van der Waals surface area contributed by atoms with Crippen LogP contribution in [0.1, 0.15) is 16.8 Å². The van der Waals surface area contributed by atoms with Crippen molar-refractivity contribution in [1.82, 2.24) is 14.0 Å². The van der Waals surface area contributed by atoms with Gasteiger partial charge in [0.1, 0.15) is 24.3 Å². The molecule has 10 nitrogen and oxygen atoms in total. The number of aliphatic hydroxyl groups excluding tert-OH is 1. The van der Waals surface area contributed by atoms with Crippen molar-refractivity contribution in [3.05, 3.63) is 105 Å². The molecule has 4 aromatic rings. The van der Waals surface area contributed by atoms with Crippen molar-refractivity contribution in [2.75, 3.05) is 7.05 Å². The van der Waals surface area contributed by atoms with Crippen LogP contribution in [0.2, 0.25) is 0 Å². The Hall–Kier alpha value is -4.70. The molecule has 1 unspecified atom stereocenters. The fourth-order valence-electron chi connectivity index (χ4n) is 4.07. The largest absolute Gasteiger partial charge is 0.480 e. The molecule has 2 N–H and O–H groups in total. The van der Waals surface area contributed by atoms with E-state index in [0.717, 1.165) is 14.0 Å². The standard InChI is InChI=1S/C27H25N3O7/c1-28(24(32)18-11-13-20(14-12-18)37-19-7-3-2-4-8-19)23(26(34)35)15-16-29-25(33)21-9-5-6-10-22(21)30(17-31)27(29)36/h2-14,23,31H,15-17H2,1H3,(H,34,35). The topological polar surface area (TPSA) is 131 Å². The first-order valence-corrected chi connectivity index (χ1v) is 11.5. The highest BCUT2D eigenvalue weighted by Crippen LogP contribution is 2.22. The molecule has 0 saturated carbocycles. The summed E-state index contributed by atoms with van der Waals surface area (Å²) >= 11 is 0. The van der Waals surface area contributed by atoms with E-state index in [1.54, 1.807) is 42.5 Å². The molecule has 4 rings (SSSR count). The van der Waals surface area contributed by atoms with Crippen LogP contribution in [0, 0.1) is 0 Å². The molecule has 0 aliphatic carbocycles. The Labute approximate surface area is 211 Å². The zero-order valence-corrected chi connectivity index (χ0v) is 20.0. The van der Waals surface area contributed by atoms with Gasteiger partial charge in [-0.3, -0.25) is 18.7 Å². The summed E-state index contributed by atoms with van der Waals surface area (Å²) in [6, 6.07) is 20.4. The molecular formula is C27H25N3O7. The molecule has 0 fully saturated rings. The predicted octanol–water partition coefficient (Wildman–Crippen LogP) is 2.52. The predicted molar refractivity (Wildman–Crippen MR) is 136 cm³/mol. The first-order chi connectivity index (χ1) is 17.8. The highest BCUT2D eigenvalue weighted by Gasteiger charge is 2.28. The number of carbonyl (C=O) groups is 2.